The number of likely N-dealkylation sites (N-methyl/N-ethyl adjacent to an activating group) is 3. The highest BCUT2D eigenvalue weighted by Crippen LogP contribution is 2.66. The molecule has 4 aliphatic rings. The first-order chi connectivity index (χ1) is 13.1. The maximum atomic E-state index is 3.89. The third kappa shape index (κ3) is 1.56. The predicted octanol–water partition coefficient (Wildman–Crippen LogP) is 2.74. The summed E-state index contributed by atoms with van der Waals surface area (Å²) < 4.78 is 0. The van der Waals surface area contributed by atoms with Crippen LogP contribution >= 0.6 is 0 Å². The topological polar surface area (TPSA) is 21.8 Å². The Labute approximate surface area is 161 Å². The zero-order valence-electron chi connectivity index (χ0n) is 16.4. The molecule has 0 amide bonds. The van der Waals surface area contributed by atoms with E-state index in [9.17, 15) is 0 Å². The molecule has 0 bridgehead atoms. The number of nitrogens with zero attached hydrogens (tertiary/aromatic N) is 3. The second-order valence-electron chi connectivity index (χ2n) is 8.91. The minimum absolute atomic E-state index is 0.106. The van der Waals surface area contributed by atoms with E-state index in [0.29, 0.717) is 12.3 Å². The van der Waals surface area contributed by atoms with Crippen LogP contribution in [0.4, 0.5) is 11.4 Å². The van der Waals surface area contributed by atoms with Crippen molar-refractivity contribution in [1.29, 1.82) is 0 Å². The van der Waals surface area contributed by atoms with E-state index < -0.39 is 0 Å². The molecule has 0 radical (unpaired) electrons. The van der Waals surface area contributed by atoms with Gasteiger partial charge in [-0.15, -0.1) is 0 Å². The van der Waals surface area contributed by atoms with E-state index in [2.05, 4.69) is 89.7 Å². The molecule has 6 rings (SSSR count). The van der Waals surface area contributed by atoms with Crippen LogP contribution in [0.1, 0.15) is 24.0 Å². The summed E-state index contributed by atoms with van der Waals surface area (Å²) in [4.78, 5) is 7.64. The van der Waals surface area contributed by atoms with Gasteiger partial charge in [0.2, 0.25) is 0 Å². The molecule has 0 aromatic heterocycles. The third-order valence-corrected chi connectivity index (χ3v) is 8.12. The summed E-state index contributed by atoms with van der Waals surface area (Å²) in [6.07, 6.45) is 3.20. The number of benzene rings is 2. The number of hydrogen-bond donors (Lipinski definition) is 1. The molecule has 2 fully saturated rings. The molecule has 4 unspecified atom stereocenters. The lowest BCUT2D eigenvalue weighted by Gasteiger charge is -2.49. The van der Waals surface area contributed by atoms with Gasteiger partial charge in [-0.1, -0.05) is 36.4 Å². The van der Waals surface area contributed by atoms with E-state index in [-0.39, 0.29) is 10.8 Å². The number of likely N-dealkylation sites (tertiary alicyclic amines) is 1. The van der Waals surface area contributed by atoms with Crippen molar-refractivity contribution in [2.75, 3.05) is 44.0 Å². The molecule has 0 aliphatic carbocycles. The Morgan fingerprint density at radius 1 is 0.815 bits per heavy atom. The normalized spacial score (nSPS) is 36.7. The van der Waals surface area contributed by atoms with Crippen LogP contribution in [0, 0.1) is 0 Å². The number of para-hydroxylation sites is 2. The van der Waals surface area contributed by atoms with Gasteiger partial charge in [-0.25, -0.2) is 0 Å². The van der Waals surface area contributed by atoms with E-state index >= 15 is 0 Å². The molecule has 140 valence electrons. The fraction of sp³-hybridized carbons (Fsp3) is 0.478. The molecular weight excluding hydrogens is 332 g/mol. The average Bonchev–Trinajstić information content (AvgIpc) is 3.40. The first kappa shape index (κ1) is 16.0. The van der Waals surface area contributed by atoms with Crippen LogP contribution in [0.5, 0.6) is 0 Å². The standard InChI is InChI=1S/C23H28N4/c1-25-15-13-23(17-9-5-7-11-19(17)27(3)21(23)25)22-12-14-24-20(22)26(2)18-10-6-4-8-16(18)22/h4-11,20-21,24H,12-15H2,1-3H3. The Hall–Kier alpha value is -2.04. The second-order valence-corrected chi connectivity index (χ2v) is 8.91. The van der Waals surface area contributed by atoms with Crippen molar-refractivity contribution in [3.05, 3.63) is 59.7 Å². The third-order valence-electron chi connectivity index (χ3n) is 8.12. The lowest BCUT2D eigenvalue weighted by Crippen LogP contribution is -2.62. The number of nitrogens with one attached hydrogen (secondary N) is 1. The van der Waals surface area contributed by atoms with Crippen molar-refractivity contribution < 1.29 is 0 Å². The van der Waals surface area contributed by atoms with Gasteiger partial charge in [0.05, 0.1) is 12.3 Å². The molecule has 4 heteroatoms. The van der Waals surface area contributed by atoms with Gasteiger partial charge in [-0.2, -0.15) is 0 Å². The van der Waals surface area contributed by atoms with Crippen LogP contribution in [0.3, 0.4) is 0 Å². The molecule has 1 N–H and O–H groups in total. The summed E-state index contributed by atoms with van der Waals surface area (Å²) in [5.41, 5.74) is 6.15. The van der Waals surface area contributed by atoms with E-state index in [4.69, 9.17) is 0 Å². The monoisotopic (exact) mass is 360 g/mol. The number of hydrogen-bond acceptors (Lipinski definition) is 4. The molecule has 2 aromatic carbocycles. The van der Waals surface area contributed by atoms with Crippen molar-refractivity contribution in [2.45, 2.75) is 36.0 Å². The van der Waals surface area contributed by atoms with E-state index in [1.165, 1.54) is 24.2 Å². The van der Waals surface area contributed by atoms with Gasteiger partial charge in [0.15, 0.2) is 0 Å². The Kier molecular flexibility index (Phi) is 2.99. The summed E-state index contributed by atoms with van der Waals surface area (Å²) in [5, 5.41) is 3.89. The molecule has 4 atom stereocenters. The molecule has 4 nitrogen and oxygen atoms in total. The molecular formula is C23H28N4. The molecule has 4 heterocycles. The van der Waals surface area contributed by atoms with Crippen LogP contribution in [0.25, 0.3) is 0 Å². The van der Waals surface area contributed by atoms with E-state index in [0.717, 1.165) is 13.1 Å². The minimum Gasteiger partial charge on any atom is -0.358 e. The van der Waals surface area contributed by atoms with Crippen molar-refractivity contribution >= 4 is 11.4 Å². The van der Waals surface area contributed by atoms with E-state index in [1.54, 1.807) is 11.1 Å². The maximum absolute atomic E-state index is 3.89. The summed E-state index contributed by atoms with van der Waals surface area (Å²) in [6, 6.07) is 18.3. The SMILES string of the molecule is CN1CCC2(C34CCNC3N(C)c3ccccc34)c3ccccc3N(C)C12. The van der Waals surface area contributed by atoms with Crippen LogP contribution in [0.2, 0.25) is 0 Å². The summed E-state index contributed by atoms with van der Waals surface area (Å²) in [5.74, 6) is 0. The molecule has 4 aliphatic heterocycles. The Bertz CT molecular complexity index is 926. The molecule has 2 aromatic rings. The fourth-order valence-electron chi connectivity index (χ4n) is 7.34. The molecule has 27 heavy (non-hydrogen) atoms. The molecule has 0 saturated carbocycles. The average molecular weight is 361 g/mol. The van der Waals surface area contributed by atoms with Gasteiger partial charge in [0, 0.05) is 42.8 Å². The lowest BCUT2D eigenvalue weighted by atomic mass is 9.55. The van der Waals surface area contributed by atoms with Gasteiger partial charge in [0.1, 0.15) is 0 Å². The fourth-order valence-corrected chi connectivity index (χ4v) is 7.34. The summed E-state index contributed by atoms with van der Waals surface area (Å²) in [7, 11) is 6.89. The Balaban J connectivity index is 1.70. The van der Waals surface area contributed by atoms with Gasteiger partial charge in [-0.05, 0) is 49.7 Å². The number of rotatable bonds is 1. The largest absolute Gasteiger partial charge is 0.358 e. The quantitative estimate of drug-likeness (QED) is 0.844. The lowest BCUT2D eigenvalue weighted by molar-refractivity contribution is 0.151. The van der Waals surface area contributed by atoms with Crippen molar-refractivity contribution in [3.63, 3.8) is 0 Å². The number of fused-ring (bicyclic) bond motifs is 7. The van der Waals surface area contributed by atoms with E-state index in [1.807, 2.05) is 0 Å². The smallest absolute Gasteiger partial charge is 0.0924 e. The zero-order chi connectivity index (χ0) is 18.4. The van der Waals surface area contributed by atoms with Gasteiger partial charge >= 0.3 is 0 Å². The second kappa shape index (κ2) is 5.06. The van der Waals surface area contributed by atoms with Crippen LogP contribution < -0.4 is 15.1 Å². The van der Waals surface area contributed by atoms with Gasteiger partial charge < -0.3 is 9.80 Å². The zero-order valence-corrected chi connectivity index (χ0v) is 16.4. The Morgan fingerprint density at radius 2 is 1.44 bits per heavy atom. The highest BCUT2D eigenvalue weighted by molar-refractivity contribution is 5.73. The van der Waals surface area contributed by atoms with Gasteiger partial charge in [0.25, 0.3) is 0 Å². The maximum Gasteiger partial charge on any atom is 0.0924 e. The summed E-state index contributed by atoms with van der Waals surface area (Å²) in [6.45, 7) is 2.25. The molecule has 0 spiro atoms. The first-order valence-corrected chi connectivity index (χ1v) is 10.2. The highest BCUT2D eigenvalue weighted by atomic mass is 15.4. The highest BCUT2D eigenvalue weighted by Gasteiger charge is 2.72. The van der Waals surface area contributed by atoms with Crippen molar-refractivity contribution in [2.24, 2.45) is 0 Å². The van der Waals surface area contributed by atoms with Crippen LogP contribution in [-0.4, -0.2) is 51.5 Å². The number of anilines is 2. The first-order valence-electron chi connectivity index (χ1n) is 10.2. The van der Waals surface area contributed by atoms with Crippen LogP contribution in [-0.2, 0) is 10.8 Å². The summed E-state index contributed by atoms with van der Waals surface area (Å²) >= 11 is 0. The Morgan fingerprint density at radius 3 is 2.19 bits per heavy atom. The predicted molar refractivity (Wildman–Crippen MR) is 110 cm³/mol. The van der Waals surface area contributed by atoms with Crippen LogP contribution in [0.15, 0.2) is 48.5 Å². The van der Waals surface area contributed by atoms with Gasteiger partial charge in [-0.3, -0.25) is 10.2 Å². The van der Waals surface area contributed by atoms with Crippen molar-refractivity contribution in [1.82, 2.24) is 10.2 Å². The van der Waals surface area contributed by atoms with Crippen molar-refractivity contribution in [3.8, 4) is 0 Å². The molecule has 2 saturated heterocycles. The minimum atomic E-state index is 0.106.